The Labute approximate surface area is 125 Å². The molecule has 0 amide bonds. The first-order valence-corrected chi connectivity index (χ1v) is 8.84. The van der Waals surface area contributed by atoms with E-state index in [-0.39, 0.29) is 17.8 Å². The van der Waals surface area contributed by atoms with E-state index in [1.807, 2.05) is 32.9 Å². The molecule has 1 aromatic heterocycles. The van der Waals surface area contributed by atoms with Crippen molar-refractivity contribution >= 4 is 21.4 Å². The van der Waals surface area contributed by atoms with Crippen LogP contribution in [0, 0.1) is 17.3 Å². The van der Waals surface area contributed by atoms with Crippen LogP contribution in [0.5, 0.6) is 0 Å². The minimum Gasteiger partial charge on any atom is -0.395 e. The van der Waals surface area contributed by atoms with Gasteiger partial charge in [-0.15, -0.1) is 11.3 Å². The zero-order valence-electron chi connectivity index (χ0n) is 12.1. The lowest BCUT2D eigenvalue weighted by atomic mass is 10.0. The maximum Gasteiger partial charge on any atom is 0.212 e. The fraction of sp³-hybridized carbons (Fsp3) is 0.571. The third-order valence-corrected chi connectivity index (χ3v) is 5.03. The number of nitrogens with one attached hydrogen (secondary N) is 1. The van der Waals surface area contributed by atoms with Gasteiger partial charge in [0, 0.05) is 17.8 Å². The van der Waals surface area contributed by atoms with Crippen molar-refractivity contribution < 1.29 is 13.5 Å². The van der Waals surface area contributed by atoms with Crippen LogP contribution < -0.4 is 4.72 Å². The second kappa shape index (κ2) is 7.23. The van der Waals surface area contributed by atoms with Crippen molar-refractivity contribution in [2.24, 2.45) is 5.41 Å². The molecule has 1 rings (SSSR count). The van der Waals surface area contributed by atoms with Crippen LogP contribution in [0.2, 0.25) is 0 Å². The van der Waals surface area contributed by atoms with Gasteiger partial charge in [0.25, 0.3) is 0 Å². The summed E-state index contributed by atoms with van der Waals surface area (Å²) in [6.45, 7) is 6.03. The molecule has 0 spiro atoms. The SMILES string of the molecule is CC(C)(C)CS(=O)(=O)NCc1ccc(C#CCCO)s1. The maximum atomic E-state index is 11.9. The molecule has 4 nitrogen and oxygen atoms in total. The third kappa shape index (κ3) is 7.06. The van der Waals surface area contributed by atoms with E-state index in [1.165, 1.54) is 11.3 Å². The molecule has 2 N–H and O–H groups in total. The predicted octanol–water partition coefficient (Wildman–Crippen LogP) is 1.95. The van der Waals surface area contributed by atoms with E-state index in [9.17, 15) is 8.42 Å². The largest absolute Gasteiger partial charge is 0.395 e. The molecule has 0 radical (unpaired) electrons. The summed E-state index contributed by atoms with van der Waals surface area (Å²) in [5.41, 5.74) is -0.262. The molecular formula is C14H21NO3S2. The van der Waals surface area contributed by atoms with Crippen molar-refractivity contribution in [2.45, 2.75) is 33.7 Å². The second-order valence-corrected chi connectivity index (χ2v) is 8.66. The molecule has 112 valence electrons. The van der Waals surface area contributed by atoms with Gasteiger partial charge in [-0.05, 0) is 17.5 Å². The summed E-state index contributed by atoms with van der Waals surface area (Å²) in [7, 11) is -3.26. The van der Waals surface area contributed by atoms with Gasteiger partial charge < -0.3 is 5.11 Å². The van der Waals surface area contributed by atoms with Crippen molar-refractivity contribution in [1.82, 2.24) is 4.72 Å². The molecule has 0 bridgehead atoms. The molecule has 0 aromatic carbocycles. The van der Waals surface area contributed by atoms with E-state index in [1.54, 1.807) is 0 Å². The molecule has 0 saturated carbocycles. The summed E-state index contributed by atoms with van der Waals surface area (Å²) < 4.78 is 26.4. The van der Waals surface area contributed by atoms with E-state index in [4.69, 9.17) is 5.11 Å². The average molecular weight is 315 g/mol. The summed E-state index contributed by atoms with van der Waals surface area (Å²) in [6.07, 6.45) is 0.450. The third-order valence-electron chi connectivity index (χ3n) is 2.20. The number of hydrogen-bond acceptors (Lipinski definition) is 4. The van der Waals surface area contributed by atoms with Crippen LogP contribution >= 0.6 is 11.3 Å². The maximum absolute atomic E-state index is 11.9. The van der Waals surface area contributed by atoms with Gasteiger partial charge in [-0.25, -0.2) is 13.1 Å². The number of thiophene rings is 1. The molecule has 0 aliphatic heterocycles. The summed E-state index contributed by atoms with van der Waals surface area (Å²) in [4.78, 5) is 1.80. The summed E-state index contributed by atoms with van der Waals surface area (Å²) in [5, 5.41) is 8.64. The van der Waals surface area contributed by atoms with E-state index in [0.717, 1.165) is 9.75 Å². The molecule has 6 heteroatoms. The fourth-order valence-electron chi connectivity index (χ4n) is 1.55. The second-order valence-electron chi connectivity index (χ2n) is 5.68. The molecule has 0 aliphatic rings. The molecule has 0 unspecified atom stereocenters. The van der Waals surface area contributed by atoms with Gasteiger partial charge in [0.05, 0.1) is 17.2 Å². The van der Waals surface area contributed by atoms with Crippen LogP contribution in [-0.2, 0) is 16.6 Å². The minimum atomic E-state index is -3.26. The van der Waals surface area contributed by atoms with Crippen LogP contribution in [0.15, 0.2) is 12.1 Å². The van der Waals surface area contributed by atoms with Crippen LogP contribution in [0.1, 0.15) is 36.9 Å². The Bertz CT molecular complexity index is 586. The summed E-state index contributed by atoms with van der Waals surface area (Å²) in [6, 6.07) is 3.73. The average Bonchev–Trinajstić information content (AvgIpc) is 2.72. The highest BCUT2D eigenvalue weighted by atomic mass is 32.2. The van der Waals surface area contributed by atoms with E-state index in [0.29, 0.717) is 13.0 Å². The Kier molecular flexibility index (Phi) is 6.21. The molecule has 0 fully saturated rings. The minimum absolute atomic E-state index is 0.0534. The predicted molar refractivity (Wildman–Crippen MR) is 83.0 cm³/mol. The van der Waals surface area contributed by atoms with E-state index in [2.05, 4.69) is 16.6 Å². The van der Waals surface area contributed by atoms with Crippen LogP contribution in [0.25, 0.3) is 0 Å². The number of aliphatic hydroxyl groups excluding tert-OH is 1. The van der Waals surface area contributed by atoms with Gasteiger partial charge in [-0.3, -0.25) is 0 Å². The molecule has 0 aliphatic carbocycles. The molecule has 20 heavy (non-hydrogen) atoms. The van der Waals surface area contributed by atoms with Gasteiger partial charge in [-0.2, -0.15) is 0 Å². The lowest BCUT2D eigenvalue weighted by Gasteiger charge is -2.18. The standard InChI is InChI=1S/C14H21NO3S2/c1-14(2,3)11-20(17,18)15-10-13-8-7-12(19-13)6-4-5-9-16/h7-8,15-16H,5,9-11H2,1-3H3. The number of hydrogen-bond donors (Lipinski definition) is 2. The van der Waals surface area contributed by atoms with E-state index < -0.39 is 10.0 Å². The number of rotatable bonds is 5. The topological polar surface area (TPSA) is 66.4 Å². The van der Waals surface area contributed by atoms with Gasteiger partial charge in [0.15, 0.2) is 0 Å². The van der Waals surface area contributed by atoms with Crippen molar-refractivity contribution in [3.05, 3.63) is 21.9 Å². The van der Waals surface area contributed by atoms with Gasteiger partial charge in [-0.1, -0.05) is 32.6 Å². The van der Waals surface area contributed by atoms with Gasteiger partial charge >= 0.3 is 0 Å². The Morgan fingerprint density at radius 3 is 2.65 bits per heavy atom. The quantitative estimate of drug-likeness (QED) is 0.816. The first-order chi connectivity index (χ1) is 9.22. The van der Waals surface area contributed by atoms with Crippen molar-refractivity contribution in [2.75, 3.05) is 12.4 Å². The highest BCUT2D eigenvalue weighted by Crippen LogP contribution is 2.18. The lowest BCUT2D eigenvalue weighted by molar-refractivity contribution is 0.305. The Balaban J connectivity index is 2.57. The highest BCUT2D eigenvalue weighted by molar-refractivity contribution is 7.89. The van der Waals surface area contributed by atoms with Crippen LogP contribution in [0.3, 0.4) is 0 Å². The zero-order chi connectivity index (χ0) is 15.2. The van der Waals surface area contributed by atoms with Crippen molar-refractivity contribution in [3.63, 3.8) is 0 Å². The molecular weight excluding hydrogens is 294 g/mol. The van der Waals surface area contributed by atoms with Crippen LogP contribution in [-0.4, -0.2) is 25.9 Å². The molecule has 1 heterocycles. The van der Waals surface area contributed by atoms with Crippen molar-refractivity contribution in [3.8, 4) is 11.8 Å². The highest BCUT2D eigenvalue weighted by Gasteiger charge is 2.21. The Hall–Kier alpha value is -0.870. The molecule has 0 atom stereocenters. The number of aliphatic hydroxyl groups is 1. The van der Waals surface area contributed by atoms with Gasteiger partial charge in [0.1, 0.15) is 0 Å². The van der Waals surface area contributed by atoms with Crippen LogP contribution in [0.4, 0.5) is 0 Å². The Morgan fingerprint density at radius 2 is 2.05 bits per heavy atom. The fourth-order valence-corrected chi connectivity index (χ4v) is 4.08. The summed E-state index contributed by atoms with van der Waals surface area (Å²) in [5.74, 6) is 5.88. The van der Waals surface area contributed by atoms with Gasteiger partial charge in [0.2, 0.25) is 10.0 Å². The first-order valence-electron chi connectivity index (χ1n) is 6.38. The smallest absolute Gasteiger partial charge is 0.212 e. The zero-order valence-corrected chi connectivity index (χ0v) is 13.7. The summed E-state index contributed by atoms with van der Waals surface area (Å²) >= 11 is 1.46. The monoisotopic (exact) mass is 315 g/mol. The molecule has 1 aromatic rings. The Morgan fingerprint density at radius 1 is 1.35 bits per heavy atom. The first kappa shape index (κ1) is 17.2. The number of sulfonamides is 1. The lowest BCUT2D eigenvalue weighted by Crippen LogP contribution is -2.31. The van der Waals surface area contributed by atoms with E-state index >= 15 is 0 Å². The van der Waals surface area contributed by atoms with Crippen molar-refractivity contribution in [1.29, 1.82) is 0 Å². The molecule has 0 saturated heterocycles. The normalized spacial score (nSPS) is 12.0.